The fraction of sp³-hybridized carbons (Fsp3) is 0.714. The third kappa shape index (κ3) is 9.57. The van der Waals surface area contributed by atoms with E-state index < -0.39 is 0 Å². The fourth-order valence-electron chi connectivity index (χ4n) is 1.71. The zero-order valence-electron chi connectivity index (χ0n) is 13.1. The second-order valence-electron chi connectivity index (χ2n) is 4.45. The molecule has 0 saturated carbocycles. The molecule has 1 aromatic heterocycles. The molecule has 0 radical (unpaired) electrons. The van der Waals surface area contributed by atoms with Gasteiger partial charge in [0, 0.05) is 37.6 Å². The number of guanidine groups is 1. The quantitative estimate of drug-likeness (QED) is 0.267. The van der Waals surface area contributed by atoms with Gasteiger partial charge in [-0.05, 0) is 31.3 Å². The predicted molar refractivity (Wildman–Crippen MR) is 108 cm³/mol. The molecular weight excluding hydrogens is 415 g/mol. The summed E-state index contributed by atoms with van der Waals surface area (Å²) in [5, 5.41) is 7.88. The van der Waals surface area contributed by atoms with Crippen molar-refractivity contribution in [3.05, 3.63) is 16.1 Å². The van der Waals surface area contributed by atoms with Gasteiger partial charge >= 0.3 is 0 Å². The highest BCUT2D eigenvalue weighted by Crippen LogP contribution is 2.13. The van der Waals surface area contributed by atoms with Gasteiger partial charge in [0.15, 0.2) is 5.96 Å². The van der Waals surface area contributed by atoms with Gasteiger partial charge in [-0.2, -0.15) is 11.8 Å². The molecule has 7 heteroatoms. The minimum atomic E-state index is 0. The predicted octanol–water partition coefficient (Wildman–Crippen LogP) is 3.17. The number of halogens is 1. The Labute approximate surface area is 154 Å². The minimum Gasteiger partial charge on any atom is -0.356 e. The van der Waals surface area contributed by atoms with Crippen LogP contribution in [0.2, 0.25) is 0 Å². The van der Waals surface area contributed by atoms with Crippen LogP contribution in [0.25, 0.3) is 0 Å². The first kappa shape index (κ1) is 21.0. The molecular formula is C14H27IN4S2. The van der Waals surface area contributed by atoms with Crippen LogP contribution < -0.4 is 10.6 Å². The maximum atomic E-state index is 4.42. The topological polar surface area (TPSA) is 49.3 Å². The number of thiazole rings is 1. The number of aliphatic imine (C=N–C) groups is 1. The van der Waals surface area contributed by atoms with Crippen molar-refractivity contribution >= 4 is 53.0 Å². The Morgan fingerprint density at radius 1 is 1.33 bits per heavy atom. The van der Waals surface area contributed by atoms with Crippen molar-refractivity contribution in [1.29, 1.82) is 0 Å². The summed E-state index contributed by atoms with van der Waals surface area (Å²) >= 11 is 3.71. The number of unbranched alkanes of at least 4 members (excludes halogenated alkanes) is 1. The van der Waals surface area contributed by atoms with Crippen molar-refractivity contribution < 1.29 is 0 Å². The largest absolute Gasteiger partial charge is 0.356 e. The van der Waals surface area contributed by atoms with Crippen LogP contribution in [0.15, 0.2) is 11.2 Å². The van der Waals surface area contributed by atoms with Crippen LogP contribution >= 0.6 is 47.1 Å². The lowest BCUT2D eigenvalue weighted by Crippen LogP contribution is -2.38. The smallest absolute Gasteiger partial charge is 0.190 e. The molecule has 2 N–H and O–H groups in total. The highest BCUT2D eigenvalue weighted by atomic mass is 127. The minimum absolute atomic E-state index is 0. The first-order chi connectivity index (χ1) is 9.80. The van der Waals surface area contributed by atoms with Gasteiger partial charge in [-0.3, -0.25) is 4.99 Å². The Kier molecular flexibility index (Phi) is 13.6. The summed E-state index contributed by atoms with van der Waals surface area (Å²) in [6.07, 6.45) is 8.61. The number of nitrogens with one attached hydrogen (secondary N) is 2. The van der Waals surface area contributed by atoms with Gasteiger partial charge in [-0.25, -0.2) is 4.98 Å². The van der Waals surface area contributed by atoms with Crippen LogP contribution in [-0.2, 0) is 12.8 Å². The summed E-state index contributed by atoms with van der Waals surface area (Å²) in [7, 11) is 1.82. The Morgan fingerprint density at radius 3 is 2.71 bits per heavy atom. The molecule has 0 bridgehead atoms. The second-order valence-corrected chi connectivity index (χ2v) is 6.63. The van der Waals surface area contributed by atoms with Crippen LogP contribution in [-0.4, -0.2) is 43.1 Å². The molecule has 122 valence electrons. The van der Waals surface area contributed by atoms with Crippen molar-refractivity contribution in [1.82, 2.24) is 15.6 Å². The van der Waals surface area contributed by atoms with Crippen molar-refractivity contribution in [2.24, 2.45) is 4.99 Å². The van der Waals surface area contributed by atoms with E-state index >= 15 is 0 Å². The van der Waals surface area contributed by atoms with Crippen molar-refractivity contribution in [2.75, 3.05) is 32.1 Å². The van der Waals surface area contributed by atoms with Gasteiger partial charge in [-0.1, -0.05) is 6.92 Å². The Balaban J connectivity index is 0.00000400. The van der Waals surface area contributed by atoms with Crippen molar-refractivity contribution in [3.8, 4) is 0 Å². The van der Waals surface area contributed by atoms with Crippen molar-refractivity contribution in [3.63, 3.8) is 0 Å². The summed E-state index contributed by atoms with van der Waals surface area (Å²) < 4.78 is 0. The molecule has 0 aliphatic carbocycles. The van der Waals surface area contributed by atoms with Gasteiger partial charge in [0.1, 0.15) is 0 Å². The highest BCUT2D eigenvalue weighted by molar-refractivity contribution is 14.0. The molecule has 1 heterocycles. The number of rotatable bonds is 9. The van der Waals surface area contributed by atoms with E-state index in [-0.39, 0.29) is 24.0 Å². The summed E-state index contributed by atoms with van der Waals surface area (Å²) in [6.45, 7) is 4.02. The fourth-order valence-corrected chi connectivity index (χ4v) is 3.07. The van der Waals surface area contributed by atoms with Crippen molar-refractivity contribution in [2.45, 2.75) is 32.6 Å². The Bertz CT molecular complexity index is 396. The molecule has 0 aliphatic rings. The summed E-state index contributed by atoms with van der Waals surface area (Å²) in [5.41, 5.74) is 0. The zero-order valence-corrected chi connectivity index (χ0v) is 17.1. The zero-order chi connectivity index (χ0) is 14.6. The molecule has 0 aliphatic heterocycles. The van der Waals surface area contributed by atoms with E-state index in [0.29, 0.717) is 0 Å². The number of aryl methyl sites for hydroxylation is 1. The lowest BCUT2D eigenvalue weighted by molar-refractivity contribution is 0.730. The van der Waals surface area contributed by atoms with E-state index in [2.05, 4.69) is 33.8 Å². The van der Waals surface area contributed by atoms with Crippen LogP contribution in [0.3, 0.4) is 0 Å². The second kappa shape index (κ2) is 13.6. The maximum Gasteiger partial charge on any atom is 0.190 e. The summed E-state index contributed by atoms with van der Waals surface area (Å²) in [4.78, 5) is 10.0. The van der Waals surface area contributed by atoms with E-state index in [1.54, 1.807) is 11.3 Å². The van der Waals surface area contributed by atoms with E-state index in [0.717, 1.165) is 31.9 Å². The molecule has 21 heavy (non-hydrogen) atoms. The highest BCUT2D eigenvalue weighted by Gasteiger charge is 2.01. The van der Waals surface area contributed by atoms with E-state index in [1.165, 1.54) is 28.5 Å². The lowest BCUT2D eigenvalue weighted by atomic mass is 10.3. The Hall–Kier alpha value is -0.0200. The van der Waals surface area contributed by atoms with E-state index in [1.807, 2.05) is 25.0 Å². The van der Waals surface area contributed by atoms with Gasteiger partial charge in [-0.15, -0.1) is 35.3 Å². The average Bonchev–Trinajstić information content (AvgIpc) is 2.93. The standard InChI is InChI=1S/C14H26N4S2.HI/c1-4-12-11-18-13(20-12)7-9-17-14(15-2)16-8-5-6-10-19-3;/h11H,4-10H2,1-3H3,(H2,15,16,17);1H. The number of hydrogen-bond donors (Lipinski definition) is 2. The number of thioether (sulfide) groups is 1. The van der Waals surface area contributed by atoms with Gasteiger partial charge in [0.2, 0.25) is 0 Å². The molecule has 1 aromatic rings. The first-order valence-electron chi connectivity index (χ1n) is 7.17. The van der Waals surface area contributed by atoms with Crippen LogP contribution in [0.5, 0.6) is 0 Å². The molecule has 0 unspecified atom stereocenters. The van der Waals surface area contributed by atoms with E-state index in [4.69, 9.17) is 0 Å². The molecule has 0 aromatic carbocycles. The normalized spacial score (nSPS) is 11.1. The molecule has 0 fully saturated rings. The SMILES string of the molecule is CCc1cnc(CCNC(=NC)NCCCCSC)s1.I. The summed E-state index contributed by atoms with van der Waals surface area (Å²) in [6, 6.07) is 0. The molecule has 4 nitrogen and oxygen atoms in total. The van der Waals surface area contributed by atoms with Gasteiger partial charge < -0.3 is 10.6 Å². The van der Waals surface area contributed by atoms with Crippen LogP contribution in [0.1, 0.15) is 29.7 Å². The molecule has 0 spiro atoms. The van der Waals surface area contributed by atoms with Gasteiger partial charge in [0.05, 0.1) is 5.01 Å². The molecule has 0 amide bonds. The van der Waals surface area contributed by atoms with Crippen LogP contribution in [0.4, 0.5) is 0 Å². The summed E-state index contributed by atoms with van der Waals surface area (Å²) in [5.74, 6) is 2.12. The van der Waals surface area contributed by atoms with Gasteiger partial charge in [0.25, 0.3) is 0 Å². The monoisotopic (exact) mass is 442 g/mol. The first-order valence-corrected chi connectivity index (χ1v) is 9.38. The molecule has 0 atom stereocenters. The molecule has 0 saturated heterocycles. The number of nitrogens with zero attached hydrogens (tertiary/aromatic N) is 2. The number of aromatic nitrogens is 1. The third-order valence-electron chi connectivity index (χ3n) is 2.87. The average molecular weight is 442 g/mol. The van der Waals surface area contributed by atoms with Crippen LogP contribution in [0, 0.1) is 0 Å². The Morgan fingerprint density at radius 2 is 2.10 bits per heavy atom. The van der Waals surface area contributed by atoms with E-state index in [9.17, 15) is 0 Å². The molecule has 1 rings (SSSR count). The maximum absolute atomic E-state index is 4.42. The lowest BCUT2D eigenvalue weighted by Gasteiger charge is -2.11. The number of hydrogen-bond acceptors (Lipinski definition) is 4. The third-order valence-corrected chi connectivity index (χ3v) is 4.77.